The van der Waals surface area contributed by atoms with Crippen molar-refractivity contribution in [3.8, 4) is 0 Å². The summed E-state index contributed by atoms with van der Waals surface area (Å²) in [5, 5.41) is 4.92. The maximum absolute atomic E-state index is 6.30. The van der Waals surface area contributed by atoms with E-state index in [1.54, 1.807) is 0 Å². The Hall–Kier alpha value is -2.44. The van der Waals surface area contributed by atoms with Crippen molar-refractivity contribution in [3.63, 3.8) is 0 Å². The van der Waals surface area contributed by atoms with Crippen LogP contribution in [0.25, 0.3) is 5.65 Å². The van der Waals surface area contributed by atoms with E-state index in [-0.39, 0.29) is 11.5 Å². The van der Waals surface area contributed by atoms with Crippen LogP contribution in [0.1, 0.15) is 43.6 Å². The molecule has 0 spiro atoms. The van der Waals surface area contributed by atoms with Crippen molar-refractivity contribution < 1.29 is 4.74 Å². The van der Waals surface area contributed by atoms with E-state index >= 15 is 0 Å². The maximum Gasteiger partial charge on any atom is 0.183 e. The van der Waals surface area contributed by atoms with E-state index in [9.17, 15) is 0 Å². The molecule has 3 aromatic rings. The maximum atomic E-state index is 6.30. The molecule has 1 saturated carbocycles. The first-order chi connectivity index (χ1) is 14.9. The van der Waals surface area contributed by atoms with Crippen LogP contribution in [0.15, 0.2) is 42.6 Å². The molecule has 2 N–H and O–H groups in total. The quantitative estimate of drug-likeness (QED) is 0.705. The molecule has 4 aliphatic rings. The third kappa shape index (κ3) is 2.71. The molecule has 31 heavy (non-hydrogen) atoms. The summed E-state index contributed by atoms with van der Waals surface area (Å²) in [6, 6.07) is 13.2. The van der Waals surface area contributed by atoms with Gasteiger partial charge in [0.15, 0.2) is 11.5 Å². The van der Waals surface area contributed by atoms with Gasteiger partial charge in [-0.3, -0.25) is 0 Å². The first-order valence-electron chi connectivity index (χ1n) is 11.5. The molecule has 3 aliphatic heterocycles. The topological polar surface area (TPSA) is 68.7 Å². The fourth-order valence-electron chi connectivity index (χ4n) is 6.35. The summed E-state index contributed by atoms with van der Waals surface area (Å²) in [4.78, 5) is 7.41. The van der Waals surface area contributed by atoms with Crippen molar-refractivity contribution in [1.29, 1.82) is 0 Å². The first-order valence-corrected chi connectivity index (χ1v) is 11.5. The number of hydrogen-bond acceptors (Lipinski definition) is 5. The second kappa shape index (κ2) is 6.53. The fraction of sp³-hybridized carbons (Fsp3) is 0.520. The number of hydrogen-bond donors (Lipinski definition) is 1. The Morgan fingerprint density at radius 1 is 1.26 bits per heavy atom. The summed E-state index contributed by atoms with van der Waals surface area (Å²) < 4.78 is 8.18. The first kappa shape index (κ1) is 19.3. The Kier molecular flexibility index (Phi) is 4.06. The molecular weight excluding hydrogens is 386 g/mol. The van der Waals surface area contributed by atoms with Crippen molar-refractivity contribution in [3.05, 3.63) is 59.5 Å². The number of nitrogens with two attached hydrogens (primary N) is 1. The Morgan fingerprint density at radius 2 is 2.06 bits per heavy atom. The van der Waals surface area contributed by atoms with E-state index in [2.05, 4.69) is 68.3 Å². The second-order valence-electron chi connectivity index (χ2n) is 10.2. The molecule has 0 radical (unpaired) electrons. The molecular formula is C25H31N5O. The summed E-state index contributed by atoms with van der Waals surface area (Å²) in [7, 11) is 0. The number of aromatic nitrogens is 3. The van der Waals surface area contributed by atoms with Crippen molar-refractivity contribution in [1.82, 2.24) is 14.6 Å². The zero-order valence-electron chi connectivity index (χ0n) is 18.6. The van der Waals surface area contributed by atoms with Crippen LogP contribution in [0.4, 0.5) is 5.69 Å². The van der Waals surface area contributed by atoms with Crippen LogP contribution in [0, 0.1) is 18.8 Å². The molecule has 5 heterocycles. The lowest BCUT2D eigenvalue weighted by atomic mass is 9.61. The summed E-state index contributed by atoms with van der Waals surface area (Å²) in [5.41, 5.74) is 10.8. The van der Waals surface area contributed by atoms with Crippen LogP contribution < -0.4 is 10.6 Å². The van der Waals surface area contributed by atoms with Crippen LogP contribution in [-0.2, 0) is 15.8 Å². The minimum atomic E-state index is -0.392. The van der Waals surface area contributed by atoms with Gasteiger partial charge in [0.05, 0.1) is 18.5 Å². The van der Waals surface area contributed by atoms with Gasteiger partial charge < -0.3 is 15.4 Å². The number of aryl methyl sites for hydroxylation is 1. The number of fused-ring (bicyclic) bond motifs is 2. The summed E-state index contributed by atoms with van der Waals surface area (Å²) in [6.45, 7) is 9.40. The van der Waals surface area contributed by atoms with E-state index in [1.165, 1.54) is 11.3 Å². The molecule has 0 amide bonds. The predicted octanol–water partition coefficient (Wildman–Crippen LogP) is 3.41. The number of benzene rings is 1. The highest BCUT2D eigenvalue weighted by Gasteiger charge is 2.65. The summed E-state index contributed by atoms with van der Waals surface area (Å²) >= 11 is 0. The smallest absolute Gasteiger partial charge is 0.183 e. The Morgan fingerprint density at radius 3 is 2.81 bits per heavy atom. The van der Waals surface area contributed by atoms with E-state index in [1.807, 2.05) is 4.52 Å². The number of ether oxygens (including phenoxy) is 1. The fourth-order valence-corrected chi connectivity index (χ4v) is 6.35. The van der Waals surface area contributed by atoms with Gasteiger partial charge in [-0.1, -0.05) is 37.3 Å². The van der Waals surface area contributed by atoms with Crippen LogP contribution in [0.2, 0.25) is 0 Å². The van der Waals surface area contributed by atoms with E-state index in [0.717, 1.165) is 49.6 Å². The minimum absolute atomic E-state index is 0.0878. The summed E-state index contributed by atoms with van der Waals surface area (Å²) in [6.07, 6.45) is 4.27. The molecule has 162 valence electrons. The molecule has 3 saturated heterocycles. The Balaban J connectivity index is 1.33. The van der Waals surface area contributed by atoms with Crippen molar-refractivity contribution in [2.24, 2.45) is 17.6 Å². The van der Waals surface area contributed by atoms with E-state index < -0.39 is 5.60 Å². The molecule has 6 heteroatoms. The highest BCUT2D eigenvalue weighted by atomic mass is 16.5. The van der Waals surface area contributed by atoms with E-state index in [4.69, 9.17) is 20.6 Å². The van der Waals surface area contributed by atoms with Gasteiger partial charge in [0, 0.05) is 30.5 Å². The Bertz CT molecular complexity index is 1140. The average molecular weight is 418 g/mol. The van der Waals surface area contributed by atoms with Crippen LogP contribution in [0.3, 0.4) is 0 Å². The lowest BCUT2D eigenvalue weighted by Crippen LogP contribution is -2.53. The van der Waals surface area contributed by atoms with Gasteiger partial charge in [-0.2, -0.15) is 0 Å². The van der Waals surface area contributed by atoms with Crippen molar-refractivity contribution in [2.75, 3.05) is 24.6 Å². The largest absolute Gasteiger partial charge is 0.369 e. The van der Waals surface area contributed by atoms with Crippen molar-refractivity contribution >= 4 is 11.3 Å². The van der Waals surface area contributed by atoms with Crippen molar-refractivity contribution in [2.45, 2.75) is 50.7 Å². The summed E-state index contributed by atoms with van der Waals surface area (Å²) in [5.74, 6) is 1.66. The highest BCUT2D eigenvalue weighted by Crippen LogP contribution is 2.59. The third-order valence-corrected chi connectivity index (χ3v) is 8.02. The molecule has 2 aromatic heterocycles. The highest BCUT2D eigenvalue weighted by molar-refractivity contribution is 5.58. The number of rotatable bonds is 4. The van der Waals surface area contributed by atoms with Gasteiger partial charge in [0.1, 0.15) is 5.60 Å². The van der Waals surface area contributed by atoms with Gasteiger partial charge >= 0.3 is 0 Å². The van der Waals surface area contributed by atoms with Gasteiger partial charge in [0.25, 0.3) is 0 Å². The van der Waals surface area contributed by atoms with Crippen LogP contribution >= 0.6 is 0 Å². The standard InChI is InChI=1S/C25H31N5O/c1-16-11-20(29-10-9-24(3,15-29)19-7-5-4-6-8-19)13-30-22(16)27-23(28-30)25-12-18(14-31-25)21(25)17(2)26/h4-8,11,13,17-18,21H,9-10,12,14-15,26H2,1-3H3/t17?,18?,21?,24-,25?/m0/s1. The minimum Gasteiger partial charge on any atom is -0.369 e. The zero-order chi connectivity index (χ0) is 21.4. The van der Waals surface area contributed by atoms with Gasteiger partial charge in [-0.25, -0.2) is 9.50 Å². The average Bonchev–Trinajstić information content (AvgIpc) is 3.50. The van der Waals surface area contributed by atoms with Gasteiger partial charge in [-0.05, 0) is 49.8 Å². The molecule has 2 bridgehead atoms. The number of anilines is 1. The Labute approximate surface area is 183 Å². The molecule has 7 rings (SSSR count). The number of pyridine rings is 1. The van der Waals surface area contributed by atoms with Crippen LogP contribution in [0.5, 0.6) is 0 Å². The lowest BCUT2D eigenvalue weighted by Gasteiger charge is -2.45. The molecule has 4 fully saturated rings. The third-order valence-electron chi connectivity index (χ3n) is 8.02. The number of nitrogens with zero attached hydrogens (tertiary/aromatic N) is 4. The van der Waals surface area contributed by atoms with E-state index in [0.29, 0.717) is 11.8 Å². The SMILES string of the molecule is Cc1cc(N2CC[C@](C)(c3ccccc3)C2)cn2nc(C34CC(CO3)C4C(C)N)nc12. The predicted molar refractivity (Wildman–Crippen MR) is 121 cm³/mol. The monoisotopic (exact) mass is 417 g/mol. The van der Waals surface area contributed by atoms with Gasteiger partial charge in [0.2, 0.25) is 0 Å². The molecule has 6 nitrogen and oxygen atoms in total. The van der Waals surface area contributed by atoms with Crippen LogP contribution in [-0.4, -0.2) is 40.3 Å². The van der Waals surface area contributed by atoms with Gasteiger partial charge in [-0.15, -0.1) is 5.10 Å². The molecule has 4 unspecified atom stereocenters. The second-order valence-corrected chi connectivity index (χ2v) is 10.2. The molecule has 1 aliphatic carbocycles. The normalized spacial score (nSPS) is 33.1. The molecule has 1 aromatic carbocycles. The molecule has 5 atom stereocenters. The zero-order valence-corrected chi connectivity index (χ0v) is 18.6. The lowest BCUT2D eigenvalue weighted by molar-refractivity contribution is -0.0724.